The molecule has 0 saturated carbocycles. The smallest absolute Gasteiger partial charge is 0.408 e. The van der Waals surface area contributed by atoms with Crippen LogP contribution in [0.4, 0.5) is 5.69 Å². The summed E-state index contributed by atoms with van der Waals surface area (Å²) >= 11 is 1.68. The first kappa shape index (κ1) is 16.7. The van der Waals surface area contributed by atoms with E-state index in [1.54, 1.807) is 15.9 Å². The Balaban J connectivity index is 1.87. The van der Waals surface area contributed by atoms with Crippen LogP contribution in [0.25, 0.3) is 11.1 Å². The number of rotatable bonds is 6. The second-order valence-electron chi connectivity index (χ2n) is 6.15. The first-order valence-electron chi connectivity index (χ1n) is 7.91. The average molecular weight is 346 g/mol. The third-order valence-electron chi connectivity index (χ3n) is 3.89. The first-order chi connectivity index (χ1) is 11.4. The summed E-state index contributed by atoms with van der Waals surface area (Å²) in [6.45, 7) is 5.49. The Morgan fingerprint density at radius 1 is 1.42 bits per heavy atom. The van der Waals surface area contributed by atoms with E-state index >= 15 is 0 Å². The standard InChI is InChI=1S/C17H22N4O2S/c1-11(16-10-18-12(2)24-16)19-13-5-6-15-14(9-13)21(17(22)23-15)8-7-20(3)4/h5-6,9-11,19H,7-8H2,1-4H3/t11-/m0/s1. The van der Waals surface area contributed by atoms with Crippen molar-refractivity contribution in [1.29, 1.82) is 0 Å². The number of benzene rings is 1. The molecule has 0 amide bonds. The van der Waals surface area contributed by atoms with Crippen LogP contribution in [-0.4, -0.2) is 35.1 Å². The summed E-state index contributed by atoms with van der Waals surface area (Å²) in [5, 5.41) is 4.52. The van der Waals surface area contributed by atoms with Crippen molar-refractivity contribution in [2.45, 2.75) is 26.4 Å². The quantitative estimate of drug-likeness (QED) is 0.743. The number of oxazole rings is 1. The van der Waals surface area contributed by atoms with Crippen LogP contribution in [0.3, 0.4) is 0 Å². The highest BCUT2D eigenvalue weighted by atomic mass is 32.1. The van der Waals surface area contributed by atoms with Crippen LogP contribution < -0.4 is 11.1 Å². The summed E-state index contributed by atoms with van der Waals surface area (Å²) < 4.78 is 7.02. The molecule has 0 saturated heterocycles. The van der Waals surface area contributed by atoms with Gasteiger partial charge in [0.25, 0.3) is 0 Å². The summed E-state index contributed by atoms with van der Waals surface area (Å²) in [5.74, 6) is -0.310. The molecule has 0 radical (unpaired) electrons. The number of fused-ring (bicyclic) bond motifs is 1. The van der Waals surface area contributed by atoms with E-state index in [9.17, 15) is 4.79 Å². The molecule has 0 spiro atoms. The lowest BCUT2D eigenvalue weighted by atomic mass is 10.2. The highest BCUT2D eigenvalue weighted by Gasteiger charge is 2.12. The molecule has 128 valence electrons. The zero-order valence-electron chi connectivity index (χ0n) is 14.4. The minimum Gasteiger partial charge on any atom is -0.408 e. The monoisotopic (exact) mass is 346 g/mol. The molecule has 2 heterocycles. The highest BCUT2D eigenvalue weighted by molar-refractivity contribution is 7.11. The second kappa shape index (κ2) is 6.78. The van der Waals surface area contributed by atoms with Crippen molar-refractivity contribution in [2.24, 2.45) is 0 Å². The number of aromatic nitrogens is 2. The van der Waals surface area contributed by atoms with Gasteiger partial charge in [-0.25, -0.2) is 9.78 Å². The van der Waals surface area contributed by atoms with Gasteiger partial charge in [-0.2, -0.15) is 0 Å². The molecule has 24 heavy (non-hydrogen) atoms. The van der Waals surface area contributed by atoms with Gasteiger partial charge in [0.2, 0.25) is 0 Å². The maximum atomic E-state index is 12.1. The van der Waals surface area contributed by atoms with Crippen LogP contribution in [-0.2, 0) is 6.54 Å². The Morgan fingerprint density at radius 2 is 2.21 bits per heavy atom. The van der Waals surface area contributed by atoms with Crippen molar-refractivity contribution >= 4 is 28.1 Å². The van der Waals surface area contributed by atoms with E-state index in [-0.39, 0.29) is 11.8 Å². The first-order valence-corrected chi connectivity index (χ1v) is 8.72. The second-order valence-corrected chi connectivity index (χ2v) is 7.42. The Hall–Kier alpha value is -2.12. The molecular weight excluding hydrogens is 324 g/mol. The number of hydrogen-bond acceptors (Lipinski definition) is 6. The van der Waals surface area contributed by atoms with Gasteiger partial charge in [-0.15, -0.1) is 11.3 Å². The minimum atomic E-state index is -0.310. The van der Waals surface area contributed by atoms with Gasteiger partial charge in [0, 0.05) is 29.9 Å². The topological polar surface area (TPSA) is 63.3 Å². The van der Waals surface area contributed by atoms with Gasteiger partial charge in [0.1, 0.15) is 0 Å². The third-order valence-corrected chi connectivity index (χ3v) is 4.98. The Kier molecular flexibility index (Phi) is 4.73. The lowest BCUT2D eigenvalue weighted by Gasteiger charge is -2.14. The van der Waals surface area contributed by atoms with E-state index in [0.717, 1.165) is 22.8 Å². The predicted octanol–water partition coefficient (Wildman–Crippen LogP) is 3.09. The molecule has 0 bridgehead atoms. The molecular formula is C17H22N4O2S. The van der Waals surface area contributed by atoms with E-state index in [2.05, 4.69) is 17.2 Å². The summed E-state index contributed by atoms with van der Waals surface area (Å²) in [5.41, 5.74) is 2.39. The van der Waals surface area contributed by atoms with Crippen molar-refractivity contribution in [3.63, 3.8) is 0 Å². The number of aryl methyl sites for hydroxylation is 1. The number of thiazole rings is 1. The fraction of sp³-hybridized carbons (Fsp3) is 0.412. The van der Waals surface area contributed by atoms with Crippen molar-refractivity contribution in [2.75, 3.05) is 26.0 Å². The Bertz CT molecular complexity index is 894. The maximum Gasteiger partial charge on any atom is 0.419 e. The molecule has 1 aromatic carbocycles. The molecule has 0 aliphatic heterocycles. The van der Waals surface area contributed by atoms with Gasteiger partial charge >= 0.3 is 5.76 Å². The van der Waals surface area contributed by atoms with Gasteiger partial charge < -0.3 is 14.6 Å². The van der Waals surface area contributed by atoms with E-state index in [1.165, 1.54) is 4.88 Å². The molecule has 6 nitrogen and oxygen atoms in total. The molecule has 0 aliphatic rings. The zero-order valence-corrected chi connectivity index (χ0v) is 15.2. The SMILES string of the molecule is Cc1ncc([C@H](C)Nc2ccc3oc(=O)n(CCN(C)C)c3c2)s1. The van der Waals surface area contributed by atoms with E-state index in [4.69, 9.17) is 4.42 Å². The Labute approximate surface area is 144 Å². The molecule has 3 rings (SSSR count). The van der Waals surface area contributed by atoms with Crippen LogP contribution in [0.5, 0.6) is 0 Å². The van der Waals surface area contributed by atoms with Gasteiger partial charge in [0.05, 0.1) is 16.6 Å². The normalized spacial score (nSPS) is 12.9. The molecule has 0 fully saturated rings. The van der Waals surface area contributed by atoms with Crippen molar-refractivity contribution in [3.05, 3.63) is 44.8 Å². The number of nitrogens with zero attached hydrogens (tertiary/aromatic N) is 3. The fourth-order valence-electron chi connectivity index (χ4n) is 2.56. The lowest BCUT2D eigenvalue weighted by molar-refractivity contribution is 0.374. The molecule has 1 atom stereocenters. The minimum absolute atomic E-state index is 0.155. The largest absolute Gasteiger partial charge is 0.419 e. The van der Waals surface area contributed by atoms with Crippen molar-refractivity contribution in [3.8, 4) is 0 Å². The van der Waals surface area contributed by atoms with Crippen LogP contribution in [0.15, 0.2) is 33.6 Å². The van der Waals surface area contributed by atoms with Gasteiger partial charge in [-0.3, -0.25) is 4.57 Å². The third kappa shape index (κ3) is 3.52. The van der Waals surface area contributed by atoms with Crippen LogP contribution >= 0.6 is 11.3 Å². The van der Waals surface area contributed by atoms with E-state index in [0.29, 0.717) is 12.1 Å². The van der Waals surface area contributed by atoms with Crippen molar-refractivity contribution < 1.29 is 4.42 Å². The molecule has 3 aromatic rings. The molecule has 0 aliphatic carbocycles. The van der Waals surface area contributed by atoms with Gasteiger partial charge in [-0.05, 0) is 46.1 Å². The van der Waals surface area contributed by atoms with Gasteiger partial charge in [0.15, 0.2) is 5.58 Å². The van der Waals surface area contributed by atoms with Crippen molar-refractivity contribution in [1.82, 2.24) is 14.5 Å². The number of nitrogens with one attached hydrogen (secondary N) is 1. The molecule has 1 N–H and O–H groups in total. The van der Waals surface area contributed by atoms with Crippen LogP contribution in [0.2, 0.25) is 0 Å². The number of likely N-dealkylation sites (N-methyl/N-ethyl adjacent to an activating group) is 1. The average Bonchev–Trinajstić information content (AvgIpc) is 3.08. The van der Waals surface area contributed by atoms with Crippen LogP contribution in [0.1, 0.15) is 22.9 Å². The van der Waals surface area contributed by atoms with E-state index in [1.807, 2.05) is 50.3 Å². The maximum absolute atomic E-state index is 12.1. The Morgan fingerprint density at radius 3 is 2.88 bits per heavy atom. The fourth-order valence-corrected chi connectivity index (χ4v) is 3.35. The number of anilines is 1. The zero-order chi connectivity index (χ0) is 17.3. The summed E-state index contributed by atoms with van der Waals surface area (Å²) in [7, 11) is 3.97. The summed E-state index contributed by atoms with van der Waals surface area (Å²) in [4.78, 5) is 19.6. The molecule has 2 aromatic heterocycles. The van der Waals surface area contributed by atoms with E-state index < -0.39 is 0 Å². The molecule has 7 heteroatoms. The van der Waals surface area contributed by atoms with Crippen LogP contribution in [0, 0.1) is 6.92 Å². The van der Waals surface area contributed by atoms with Gasteiger partial charge in [-0.1, -0.05) is 0 Å². The number of hydrogen-bond donors (Lipinski definition) is 1. The lowest BCUT2D eigenvalue weighted by Crippen LogP contribution is -2.23. The summed E-state index contributed by atoms with van der Waals surface area (Å²) in [6.07, 6.45) is 1.90. The highest BCUT2D eigenvalue weighted by Crippen LogP contribution is 2.26. The molecule has 0 unspecified atom stereocenters. The predicted molar refractivity (Wildman–Crippen MR) is 97.9 cm³/mol. The summed E-state index contributed by atoms with van der Waals surface area (Å²) in [6, 6.07) is 5.91.